The molecule has 46 heavy (non-hydrogen) atoms. The number of nitrogens with one attached hydrogen (secondary N) is 1. The lowest BCUT2D eigenvalue weighted by atomic mass is 9.92. The van der Waals surface area contributed by atoms with Gasteiger partial charge in [0.2, 0.25) is 11.8 Å². The van der Waals surface area contributed by atoms with Crippen LogP contribution in [-0.4, -0.2) is 52.2 Å². The monoisotopic (exact) mass is 639 g/mol. The zero-order valence-corrected chi connectivity index (χ0v) is 26.4. The molecule has 1 aliphatic heterocycles. The van der Waals surface area contributed by atoms with Gasteiger partial charge in [-0.15, -0.1) is 11.3 Å². The zero-order valence-electron chi connectivity index (χ0n) is 25.6. The van der Waals surface area contributed by atoms with Gasteiger partial charge in [-0.1, -0.05) is 30.8 Å². The van der Waals surface area contributed by atoms with Crippen LogP contribution in [0.15, 0.2) is 66.6 Å². The van der Waals surface area contributed by atoms with E-state index in [0.29, 0.717) is 35.7 Å². The first-order chi connectivity index (χ1) is 22.2. The molecule has 234 valence electrons. The lowest BCUT2D eigenvalue weighted by molar-refractivity contribution is -0.129. The third-order valence-corrected chi connectivity index (χ3v) is 10.1. The molecule has 5 aromatic rings. The second-order valence-corrected chi connectivity index (χ2v) is 12.6. The van der Waals surface area contributed by atoms with Crippen LogP contribution in [0.4, 0.5) is 8.78 Å². The van der Waals surface area contributed by atoms with Gasteiger partial charge < -0.3 is 15.0 Å². The van der Waals surface area contributed by atoms with Crippen molar-refractivity contribution >= 4 is 33.2 Å². The molecule has 3 aromatic heterocycles. The third-order valence-electron chi connectivity index (χ3n) is 9.18. The summed E-state index contributed by atoms with van der Waals surface area (Å²) in [5.74, 6) is -1.66. The van der Waals surface area contributed by atoms with Gasteiger partial charge in [0.1, 0.15) is 28.8 Å². The topological polar surface area (TPSA) is 89.4 Å². The first-order valence-corrected chi connectivity index (χ1v) is 15.9. The van der Waals surface area contributed by atoms with Crippen LogP contribution >= 0.6 is 11.3 Å². The Morgan fingerprint density at radius 2 is 1.85 bits per heavy atom. The van der Waals surface area contributed by atoms with Crippen LogP contribution < -0.4 is 10.1 Å². The molecule has 0 spiro atoms. The quantitative estimate of drug-likeness (QED) is 0.202. The smallest absolute Gasteiger partial charge is 0.246 e. The van der Waals surface area contributed by atoms with Gasteiger partial charge >= 0.3 is 0 Å². The van der Waals surface area contributed by atoms with Crippen molar-refractivity contribution in [2.24, 2.45) is 0 Å². The van der Waals surface area contributed by atoms with E-state index in [1.807, 2.05) is 53.4 Å². The van der Waals surface area contributed by atoms with Gasteiger partial charge in [0.05, 0.1) is 42.1 Å². The number of amides is 2. The molecule has 1 aliphatic carbocycles. The highest BCUT2D eigenvalue weighted by molar-refractivity contribution is 7.18. The summed E-state index contributed by atoms with van der Waals surface area (Å²) in [6.45, 7) is 6.48. The van der Waals surface area contributed by atoms with E-state index >= 15 is 4.39 Å². The van der Waals surface area contributed by atoms with Gasteiger partial charge in [-0.05, 0) is 48.9 Å². The molecule has 2 aromatic carbocycles. The molecule has 1 atom stereocenters. The number of carbonyl (C=O) groups excluding carboxylic acids is 2. The van der Waals surface area contributed by atoms with E-state index in [0.717, 1.165) is 51.9 Å². The average Bonchev–Trinajstić information content (AvgIpc) is 3.51. The van der Waals surface area contributed by atoms with E-state index in [9.17, 15) is 14.0 Å². The number of likely N-dealkylation sites (N-methyl/N-ethyl adjacent to an activating group) is 1. The molecule has 7 rings (SSSR count). The molecular formula is C35H31F2N5O3S. The van der Waals surface area contributed by atoms with Crippen LogP contribution in [0, 0.1) is 11.6 Å². The Hall–Kier alpha value is -4.90. The predicted octanol–water partition coefficient (Wildman–Crippen LogP) is 6.65. The number of hydrogen-bond donors (Lipinski definition) is 1. The molecular weight excluding hydrogens is 608 g/mol. The molecule has 0 saturated heterocycles. The summed E-state index contributed by atoms with van der Waals surface area (Å²) in [6.07, 6.45) is 2.89. The summed E-state index contributed by atoms with van der Waals surface area (Å²) in [7, 11) is 3.03. The fourth-order valence-electron chi connectivity index (χ4n) is 6.61. The van der Waals surface area contributed by atoms with E-state index in [1.165, 1.54) is 24.5 Å². The van der Waals surface area contributed by atoms with Crippen molar-refractivity contribution in [2.45, 2.75) is 37.8 Å². The summed E-state index contributed by atoms with van der Waals surface area (Å²) in [6, 6.07) is 13.4. The summed E-state index contributed by atoms with van der Waals surface area (Å²) < 4.78 is 38.3. The van der Waals surface area contributed by atoms with Crippen LogP contribution in [-0.2, 0) is 21.5 Å². The Labute approximate surface area is 268 Å². The number of benzene rings is 2. The SMILES string of the molecule is C=CC(=O)N1CCn2nc(-c3nc(-c4ccc(C5(C(=O)NC)CC5)cc4)c4ccsc4c3-c3c(F)cc(F)cc3OC)cc2[C@H]1C. The number of thiophene rings is 1. The Bertz CT molecular complexity index is 2050. The van der Waals surface area contributed by atoms with Crippen molar-refractivity contribution < 1.29 is 23.1 Å². The molecule has 8 nitrogen and oxygen atoms in total. The number of methoxy groups -OCH3 is 1. The maximum Gasteiger partial charge on any atom is 0.246 e. The Morgan fingerprint density at radius 1 is 1.09 bits per heavy atom. The number of aromatic nitrogens is 3. The minimum atomic E-state index is -0.782. The van der Waals surface area contributed by atoms with Crippen molar-refractivity contribution in [1.82, 2.24) is 25.0 Å². The fraction of sp³-hybridized carbons (Fsp3) is 0.257. The summed E-state index contributed by atoms with van der Waals surface area (Å²) in [5.41, 5.74) is 4.14. The summed E-state index contributed by atoms with van der Waals surface area (Å²) in [4.78, 5) is 32.1. The van der Waals surface area contributed by atoms with Crippen LogP contribution in [0.3, 0.4) is 0 Å². The van der Waals surface area contributed by atoms with E-state index in [2.05, 4.69) is 11.9 Å². The summed E-state index contributed by atoms with van der Waals surface area (Å²) in [5, 5.41) is 10.4. The summed E-state index contributed by atoms with van der Waals surface area (Å²) >= 11 is 1.42. The average molecular weight is 640 g/mol. The number of rotatable bonds is 7. The Morgan fingerprint density at radius 3 is 2.52 bits per heavy atom. The second-order valence-electron chi connectivity index (χ2n) is 11.6. The lowest BCUT2D eigenvalue weighted by Gasteiger charge is -2.33. The fourth-order valence-corrected chi connectivity index (χ4v) is 7.56. The highest BCUT2D eigenvalue weighted by atomic mass is 32.1. The first kappa shape index (κ1) is 29.8. The number of ether oxygens (including phenoxy) is 1. The first-order valence-electron chi connectivity index (χ1n) is 15.0. The van der Waals surface area contributed by atoms with Crippen LogP contribution in [0.1, 0.15) is 37.1 Å². The maximum atomic E-state index is 15.8. The molecule has 4 heterocycles. The van der Waals surface area contributed by atoms with Gasteiger partial charge in [-0.25, -0.2) is 13.8 Å². The molecule has 2 aliphatic rings. The van der Waals surface area contributed by atoms with Crippen molar-refractivity contribution in [3.05, 3.63) is 89.5 Å². The lowest BCUT2D eigenvalue weighted by Crippen LogP contribution is -2.40. The van der Waals surface area contributed by atoms with Crippen molar-refractivity contribution in [2.75, 3.05) is 20.7 Å². The normalized spacial score (nSPS) is 16.6. The Kier molecular flexibility index (Phi) is 7.23. The molecule has 1 fully saturated rings. The van der Waals surface area contributed by atoms with Crippen molar-refractivity contribution in [3.8, 4) is 39.5 Å². The Balaban J connectivity index is 1.45. The highest BCUT2D eigenvalue weighted by Crippen LogP contribution is 2.50. The number of nitrogens with zero attached hydrogens (tertiary/aromatic N) is 4. The number of halogens is 2. The van der Waals surface area contributed by atoms with Crippen molar-refractivity contribution in [3.63, 3.8) is 0 Å². The molecule has 0 bridgehead atoms. The van der Waals surface area contributed by atoms with E-state index in [4.69, 9.17) is 14.8 Å². The predicted molar refractivity (Wildman–Crippen MR) is 173 cm³/mol. The third kappa shape index (κ3) is 4.60. The minimum absolute atomic E-state index is 0.00634. The molecule has 0 unspecified atom stereocenters. The molecule has 1 N–H and O–H groups in total. The largest absolute Gasteiger partial charge is 0.496 e. The molecule has 2 amide bonds. The van der Waals surface area contributed by atoms with Gasteiger partial charge in [0.15, 0.2) is 0 Å². The number of pyridine rings is 1. The molecule has 1 saturated carbocycles. The standard InChI is InChI=1S/C35H31F2N5O3S/c1-5-28(43)41-13-14-42-26(19(41)2)18-25(40-42)32-30(29-24(37)16-22(36)17-27(29)45-4)33-23(10-15-46-33)31(39-32)20-6-8-21(9-7-20)35(11-12-35)34(44)38-3/h5-10,15-19H,1,11-14H2,2-4H3,(H,38,44)/t19-/m1/s1. The van der Waals surface area contributed by atoms with Crippen LogP contribution in [0.25, 0.3) is 43.9 Å². The number of carbonyl (C=O) groups is 2. The van der Waals surface area contributed by atoms with Crippen LogP contribution in [0.5, 0.6) is 5.75 Å². The second kappa shape index (κ2) is 11.2. The van der Waals surface area contributed by atoms with Gasteiger partial charge in [0, 0.05) is 46.9 Å². The van der Waals surface area contributed by atoms with E-state index in [-0.39, 0.29) is 29.2 Å². The van der Waals surface area contributed by atoms with Crippen LogP contribution in [0.2, 0.25) is 0 Å². The highest BCUT2D eigenvalue weighted by Gasteiger charge is 2.50. The van der Waals surface area contributed by atoms with E-state index in [1.54, 1.807) is 11.9 Å². The van der Waals surface area contributed by atoms with Gasteiger partial charge in [0.25, 0.3) is 0 Å². The maximum absolute atomic E-state index is 15.8. The zero-order chi connectivity index (χ0) is 32.3. The minimum Gasteiger partial charge on any atom is -0.496 e. The number of hydrogen-bond acceptors (Lipinski definition) is 6. The van der Waals surface area contributed by atoms with Crippen molar-refractivity contribution in [1.29, 1.82) is 0 Å². The molecule has 0 radical (unpaired) electrons. The van der Waals surface area contributed by atoms with E-state index < -0.39 is 17.0 Å². The molecule has 11 heteroatoms. The number of fused-ring (bicyclic) bond motifs is 2. The van der Waals surface area contributed by atoms with Gasteiger partial charge in [-0.3, -0.25) is 14.3 Å². The van der Waals surface area contributed by atoms with Gasteiger partial charge in [-0.2, -0.15) is 5.10 Å².